The fraction of sp³-hybridized carbons (Fsp3) is 0.750. The van der Waals surface area contributed by atoms with E-state index in [4.69, 9.17) is 5.11 Å². The lowest BCUT2D eigenvalue weighted by molar-refractivity contribution is 0.190. The molecule has 2 nitrogen and oxygen atoms in total. The third-order valence-corrected chi connectivity index (χ3v) is 2.17. The monoisotopic (exact) mass is 141 g/mol. The molecule has 0 saturated carbocycles. The molecule has 0 aliphatic heterocycles. The van der Waals surface area contributed by atoms with Gasteiger partial charge < -0.3 is 10.4 Å². The van der Waals surface area contributed by atoms with Gasteiger partial charge in [0.2, 0.25) is 0 Å². The summed E-state index contributed by atoms with van der Waals surface area (Å²) in [6, 6.07) is 0.481. The van der Waals surface area contributed by atoms with E-state index in [1.54, 1.807) is 0 Å². The summed E-state index contributed by atoms with van der Waals surface area (Å²) >= 11 is 0. The Morgan fingerprint density at radius 1 is 1.50 bits per heavy atom. The van der Waals surface area contributed by atoms with Crippen LogP contribution in [0.15, 0.2) is 12.2 Å². The highest BCUT2D eigenvalue weighted by Gasteiger charge is 2.19. The van der Waals surface area contributed by atoms with Crippen LogP contribution in [0.5, 0.6) is 0 Å². The van der Waals surface area contributed by atoms with Crippen LogP contribution in [0.1, 0.15) is 12.8 Å². The average Bonchev–Trinajstić information content (AvgIpc) is 2.04. The molecule has 0 bridgehead atoms. The molecule has 0 spiro atoms. The smallest absolute Gasteiger partial charge is 0.0477 e. The highest BCUT2D eigenvalue weighted by molar-refractivity contribution is 4.96. The van der Waals surface area contributed by atoms with E-state index in [1.807, 2.05) is 7.05 Å². The van der Waals surface area contributed by atoms with Crippen LogP contribution >= 0.6 is 0 Å². The zero-order valence-corrected chi connectivity index (χ0v) is 6.38. The summed E-state index contributed by atoms with van der Waals surface area (Å²) < 4.78 is 0. The van der Waals surface area contributed by atoms with Crippen LogP contribution in [0, 0.1) is 5.92 Å². The van der Waals surface area contributed by atoms with Crippen LogP contribution in [-0.4, -0.2) is 24.8 Å². The maximum atomic E-state index is 8.92. The quantitative estimate of drug-likeness (QED) is 0.550. The van der Waals surface area contributed by atoms with E-state index in [9.17, 15) is 0 Å². The van der Waals surface area contributed by atoms with Crippen molar-refractivity contribution in [3.63, 3.8) is 0 Å². The Labute approximate surface area is 61.9 Å². The summed E-state index contributed by atoms with van der Waals surface area (Å²) in [6.07, 6.45) is 6.39. The molecular formula is C8H15NO. The first-order chi connectivity index (χ1) is 4.88. The molecule has 0 radical (unpaired) electrons. The fourth-order valence-corrected chi connectivity index (χ4v) is 1.43. The van der Waals surface area contributed by atoms with Crippen LogP contribution in [-0.2, 0) is 0 Å². The molecule has 10 heavy (non-hydrogen) atoms. The molecule has 2 N–H and O–H groups in total. The first-order valence-corrected chi connectivity index (χ1v) is 3.81. The molecule has 58 valence electrons. The van der Waals surface area contributed by atoms with Gasteiger partial charge in [0.15, 0.2) is 0 Å². The second-order valence-electron chi connectivity index (χ2n) is 2.78. The van der Waals surface area contributed by atoms with Gasteiger partial charge in [0.05, 0.1) is 0 Å². The Kier molecular flexibility index (Phi) is 2.90. The highest BCUT2D eigenvalue weighted by Crippen LogP contribution is 2.17. The first kappa shape index (κ1) is 7.76. The number of nitrogens with one attached hydrogen (secondary N) is 1. The number of aliphatic hydroxyl groups is 1. The van der Waals surface area contributed by atoms with E-state index >= 15 is 0 Å². The SMILES string of the molecule is CN[C@@H]1CC=CC[C@@H]1CO. The molecule has 0 unspecified atom stereocenters. The largest absolute Gasteiger partial charge is 0.396 e. The number of hydrogen-bond acceptors (Lipinski definition) is 2. The van der Waals surface area contributed by atoms with E-state index in [2.05, 4.69) is 17.5 Å². The molecule has 0 amide bonds. The Morgan fingerprint density at radius 3 is 2.70 bits per heavy atom. The van der Waals surface area contributed by atoms with Crippen LogP contribution in [0.4, 0.5) is 0 Å². The van der Waals surface area contributed by atoms with Gasteiger partial charge in [-0.2, -0.15) is 0 Å². The lowest BCUT2D eigenvalue weighted by Crippen LogP contribution is -2.36. The molecule has 0 heterocycles. The normalized spacial score (nSPS) is 32.6. The molecule has 0 aromatic heterocycles. The zero-order chi connectivity index (χ0) is 7.40. The van der Waals surface area contributed by atoms with Crippen LogP contribution in [0.25, 0.3) is 0 Å². The molecule has 0 aromatic carbocycles. The van der Waals surface area contributed by atoms with Crippen molar-refractivity contribution >= 4 is 0 Å². The predicted molar refractivity (Wildman–Crippen MR) is 41.8 cm³/mol. The second kappa shape index (κ2) is 3.74. The third-order valence-electron chi connectivity index (χ3n) is 2.17. The summed E-state index contributed by atoms with van der Waals surface area (Å²) in [5.74, 6) is 0.426. The summed E-state index contributed by atoms with van der Waals surface area (Å²) in [7, 11) is 1.95. The lowest BCUT2D eigenvalue weighted by atomic mass is 9.90. The van der Waals surface area contributed by atoms with Gasteiger partial charge in [-0.05, 0) is 19.9 Å². The van der Waals surface area contributed by atoms with Crippen LogP contribution in [0.2, 0.25) is 0 Å². The molecule has 0 fully saturated rings. The average molecular weight is 141 g/mol. The van der Waals surface area contributed by atoms with E-state index in [-0.39, 0.29) is 0 Å². The van der Waals surface area contributed by atoms with Gasteiger partial charge in [-0.15, -0.1) is 0 Å². The summed E-state index contributed by atoms with van der Waals surface area (Å²) in [6.45, 7) is 0.301. The maximum absolute atomic E-state index is 8.92. The van der Waals surface area contributed by atoms with E-state index < -0.39 is 0 Å². The molecule has 1 aliphatic carbocycles. The minimum absolute atomic E-state index is 0.301. The summed E-state index contributed by atoms with van der Waals surface area (Å²) in [5, 5.41) is 12.1. The molecular weight excluding hydrogens is 126 g/mol. The fourth-order valence-electron chi connectivity index (χ4n) is 1.43. The minimum Gasteiger partial charge on any atom is -0.396 e. The molecule has 1 aliphatic rings. The third kappa shape index (κ3) is 1.58. The zero-order valence-electron chi connectivity index (χ0n) is 6.38. The van der Waals surface area contributed by atoms with Crippen molar-refractivity contribution in [1.82, 2.24) is 5.32 Å². The van der Waals surface area contributed by atoms with Crippen molar-refractivity contribution in [3.8, 4) is 0 Å². The van der Waals surface area contributed by atoms with Gasteiger partial charge in [-0.25, -0.2) is 0 Å². The first-order valence-electron chi connectivity index (χ1n) is 3.81. The van der Waals surface area contributed by atoms with Crippen molar-refractivity contribution in [2.45, 2.75) is 18.9 Å². The number of hydrogen-bond donors (Lipinski definition) is 2. The highest BCUT2D eigenvalue weighted by atomic mass is 16.3. The summed E-state index contributed by atoms with van der Waals surface area (Å²) in [5.41, 5.74) is 0. The van der Waals surface area contributed by atoms with Gasteiger partial charge in [-0.3, -0.25) is 0 Å². The standard InChI is InChI=1S/C8H15NO/c1-9-8-5-3-2-4-7(8)6-10/h2-3,7-10H,4-6H2,1H3/t7-,8-/m1/s1. The van der Waals surface area contributed by atoms with Gasteiger partial charge in [-0.1, -0.05) is 12.2 Å². The predicted octanol–water partition coefficient (Wildman–Crippen LogP) is 0.533. The summed E-state index contributed by atoms with van der Waals surface area (Å²) in [4.78, 5) is 0. The molecule has 0 saturated heterocycles. The van der Waals surface area contributed by atoms with E-state index in [0.29, 0.717) is 18.6 Å². The molecule has 0 aromatic rings. The number of allylic oxidation sites excluding steroid dienone is 1. The van der Waals surface area contributed by atoms with Crippen molar-refractivity contribution < 1.29 is 5.11 Å². The Morgan fingerprint density at radius 2 is 2.20 bits per heavy atom. The van der Waals surface area contributed by atoms with Gasteiger partial charge in [0.1, 0.15) is 0 Å². The van der Waals surface area contributed by atoms with Gasteiger partial charge in [0, 0.05) is 18.6 Å². The molecule has 1 rings (SSSR count). The van der Waals surface area contributed by atoms with E-state index in [1.165, 1.54) is 0 Å². The second-order valence-corrected chi connectivity index (χ2v) is 2.78. The van der Waals surface area contributed by atoms with Crippen LogP contribution < -0.4 is 5.32 Å². The Bertz CT molecular complexity index is 108. The van der Waals surface area contributed by atoms with Gasteiger partial charge >= 0.3 is 0 Å². The van der Waals surface area contributed by atoms with Crippen LogP contribution in [0.3, 0.4) is 0 Å². The minimum atomic E-state index is 0.301. The number of aliphatic hydroxyl groups excluding tert-OH is 1. The maximum Gasteiger partial charge on any atom is 0.0477 e. The topological polar surface area (TPSA) is 32.3 Å². The van der Waals surface area contributed by atoms with Crippen molar-refractivity contribution in [1.29, 1.82) is 0 Å². The van der Waals surface area contributed by atoms with Crippen molar-refractivity contribution in [3.05, 3.63) is 12.2 Å². The molecule has 2 atom stereocenters. The van der Waals surface area contributed by atoms with Crippen molar-refractivity contribution in [2.24, 2.45) is 5.92 Å². The Balaban J connectivity index is 2.45. The van der Waals surface area contributed by atoms with Crippen molar-refractivity contribution in [2.75, 3.05) is 13.7 Å². The number of rotatable bonds is 2. The lowest BCUT2D eigenvalue weighted by Gasteiger charge is -2.26. The Hall–Kier alpha value is -0.340. The molecule has 2 heteroatoms. The van der Waals surface area contributed by atoms with E-state index in [0.717, 1.165) is 12.8 Å². The van der Waals surface area contributed by atoms with Gasteiger partial charge in [0.25, 0.3) is 0 Å².